The van der Waals surface area contributed by atoms with Gasteiger partial charge in [-0.2, -0.15) is 0 Å². The number of nitrogens with one attached hydrogen (secondary N) is 1. The molecule has 1 saturated heterocycles. The van der Waals surface area contributed by atoms with Gasteiger partial charge >= 0.3 is 0 Å². The van der Waals surface area contributed by atoms with E-state index in [-0.39, 0.29) is 22.9 Å². The lowest BCUT2D eigenvalue weighted by Crippen LogP contribution is -2.30. The van der Waals surface area contributed by atoms with E-state index in [9.17, 15) is 26.0 Å². The highest BCUT2D eigenvalue weighted by molar-refractivity contribution is 7.94. The Bertz CT molecular complexity index is 1150. The molecule has 11 heteroatoms. The molecule has 8 nitrogen and oxygen atoms in total. The van der Waals surface area contributed by atoms with Gasteiger partial charge in [0.25, 0.3) is 10.0 Å². The first-order valence-electron chi connectivity index (χ1n) is 8.09. The number of methoxy groups -OCH3 is 1. The molecule has 0 spiro atoms. The van der Waals surface area contributed by atoms with Crippen LogP contribution < -0.4 is 13.8 Å². The minimum atomic E-state index is -4.35. The highest BCUT2D eigenvalue weighted by atomic mass is 32.2. The summed E-state index contributed by atoms with van der Waals surface area (Å²) in [4.78, 5) is 11.8. The maximum Gasteiger partial charge on any atom is 0.265 e. The molecule has 0 saturated carbocycles. The number of hydrogen-bond donors (Lipinski definition) is 1. The van der Waals surface area contributed by atoms with Crippen molar-refractivity contribution in [1.82, 2.24) is 0 Å². The van der Waals surface area contributed by atoms with E-state index < -0.39 is 42.6 Å². The molecule has 0 radical (unpaired) electrons. The van der Waals surface area contributed by atoms with Gasteiger partial charge in [0.15, 0.2) is 0 Å². The van der Waals surface area contributed by atoms with Crippen molar-refractivity contribution in [2.75, 3.05) is 21.9 Å². The molecule has 1 fully saturated rings. The summed E-state index contributed by atoms with van der Waals surface area (Å²) in [5.41, 5.74) is -0.419. The van der Waals surface area contributed by atoms with Crippen LogP contribution in [0.25, 0.3) is 0 Å². The van der Waals surface area contributed by atoms with Crippen LogP contribution in [0, 0.1) is 11.7 Å². The first-order valence-corrected chi connectivity index (χ1v) is 11.2. The standard InChI is InChI=1S/C17H17FN2O6S2/c1-11-10-27(22,23)20(17(11)21)12-7-8-15(26-2)16(9-12)28(24,25)19-14-6-4-3-5-13(14)18/h3-9,11,19H,10H2,1-2H3/t11-/m0/s1. The van der Waals surface area contributed by atoms with Crippen LogP contribution in [0.1, 0.15) is 6.92 Å². The highest BCUT2D eigenvalue weighted by Gasteiger charge is 2.42. The number of rotatable bonds is 5. The van der Waals surface area contributed by atoms with Crippen molar-refractivity contribution in [1.29, 1.82) is 0 Å². The van der Waals surface area contributed by atoms with E-state index in [1.165, 1.54) is 44.4 Å². The minimum absolute atomic E-state index is 0.0929. The second kappa shape index (κ2) is 7.06. The lowest BCUT2D eigenvalue weighted by Gasteiger charge is -2.18. The van der Waals surface area contributed by atoms with E-state index >= 15 is 0 Å². The van der Waals surface area contributed by atoms with Crippen LogP contribution >= 0.6 is 0 Å². The van der Waals surface area contributed by atoms with E-state index in [0.29, 0.717) is 4.31 Å². The van der Waals surface area contributed by atoms with Crippen LogP contribution in [-0.2, 0) is 24.8 Å². The smallest absolute Gasteiger partial charge is 0.265 e. The number of para-hydroxylation sites is 1. The lowest BCUT2D eigenvalue weighted by molar-refractivity contribution is -0.119. The Hall–Kier alpha value is -2.66. The summed E-state index contributed by atoms with van der Waals surface area (Å²) in [6, 6.07) is 8.69. The van der Waals surface area contributed by atoms with E-state index in [1.807, 2.05) is 0 Å². The van der Waals surface area contributed by atoms with Gasteiger partial charge in [-0.1, -0.05) is 19.1 Å². The molecule has 28 heavy (non-hydrogen) atoms. The Labute approximate surface area is 162 Å². The van der Waals surface area contributed by atoms with Crippen LogP contribution in [0.5, 0.6) is 5.75 Å². The zero-order valence-corrected chi connectivity index (χ0v) is 16.6. The second-order valence-electron chi connectivity index (χ2n) is 6.20. The molecule has 1 N–H and O–H groups in total. The van der Waals surface area contributed by atoms with Crippen molar-refractivity contribution in [3.63, 3.8) is 0 Å². The van der Waals surface area contributed by atoms with Crippen molar-refractivity contribution >= 4 is 37.3 Å². The number of nitrogens with zero attached hydrogens (tertiary/aromatic N) is 1. The van der Waals surface area contributed by atoms with Gasteiger partial charge in [0.2, 0.25) is 15.9 Å². The van der Waals surface area contributed by atoms with Crippen molar-refractivity contribution in [3.8, 4) is 5.75 Å². The zero-order chi connectivity index (χ0) is 20.7. The van der Waals surface area contributed by atoms with Gasteiger partial charge in [0, 0.05) is 0 Å². The normalized spacial score (nSPS) is 18.9. The van der Waals surface area contributed by atoms with Gasteiger partial charge in [-0.05, 0) is 30.3 Å². The predicted octanol–water partition coefficient (Wildman–Crippen LogP) is 1.95. The topological polar surface area (TPSA) is 110 Å². The van der Waals surface area contributed by atoms with Crippen LogP contribution in [0.3, 0.4) is 0 Å². The summed E-state index contributed by atoms with van der Waals surface area (Å²) in [6.45, 7) is 1.47. The fourth-order valence-electron chi connectivity index (χ4n) is 2.83. The average Bonchev–Trinajstić information content (AvgIpc) is 2.83. The quantitative estimate of drug-likeness (QED) is 0.780. The number of hydrogen-bond acceptors (Lipinski definition) is 6. The van der Waals surface area contributed by atoms with Crippen LogP contribution in [0.15, 0.2) is 47.4 Å². The van der Waals surface area contributed by atoms with Gasteiger partial charge < -0.3 is 4.74 Å². The third-order valence-electron chi connectivity index (χ3n) is 4.15. The Kier molecular flexibility index (Phi) is 5.06. The molecule has 3 rings (SSSR count). The molecule has 1 atom stereocenters. The minimum Gasteiger partial charge on any atom is -0.495 e. The Morgan fingerprint density at radius 1 is 1.21 bits per heavy atom. The molecular formula is C17H17FN2O6S2. The summed E-state index contributed by atoms with van der Waals surface area (Å²) < 4.78 is 71.8. The van der Waals surface area contributed by atoms with Gasteiger partial charge in [-0.25, -0.2) is 25.5 Å². The third-order valence-corrected chi connectivity index (χ3v) is 7.40. The number of ether oxygens (including phenoxy) is 1. The van der Waals surface area contributed by atoms with E-state index in [4.69, 9.17) is 4.74 Å². The molecule has 0 unspecified atom stereocenters. The Morgan fingerprint density at radius 2 is 1.89 bits per heavy atom. The summed E-state index contributed by atoms with van der Waals surface area (Å²) in [6.07, 6.45) is 0. The van der Waals surface area contributed by atoms with Gasteiger partial charge in [-0.3, -0.25) is 9.52 Å². The van der Waals surface area contributed by atoms with Crippen LogP contribution in [0.2, 0.25) is 0 Å². The van der Waals surface area contributed by atoms with Crippen LogP contribution in [0.4, 0.5) is 15.8 Å². The third kappa shape index (κ3) is 3.54. The number of carbonyl (C=O) groups excluding carboxylic acids is 1. The van der Waals surface area contributed by atoms with Crippen molar-refractivity contribution in [3.05, 3.63) is 48.3 Å². The Morgan fingerprint density at radius 3 is 2.46 bits per heavy atom. The fourth-order valence-corrected chi connectivity index (χ4v) is 5.90. The van der Waals surface area contributed by atoms with Crippen molar-refractivity contribution in [2.24, 2.45) is 5.92 Å². The SMILES string of the molecule is COc1ccc(N2C(=O)[C@@H](C)CS2(=O)=O)cc1S(=O)(=O)Nc1ccccc1F. The number of amides is 1. The zero-order valence-electron chi connectivity index (χ0n) is 14.9. The summed E-state index contributed by atoms with van der Waals surface area (Å²) in [7, 11) is -7.03. The number of carbonyl (C=O) groups is 1. The van der Waals surface area contributed by atoms with E-state index in [1.54, 1.807) is 0 Å². The van der Waals surface area contributed by atoms with E-state index in [0.717, 1.165) is 12.1 Å². The fraction of sp³-hybridized carbons (Fsp3) is 0.235. The number of halogens is 1. The first kappa shape index (κ1) is 20.1. The molecule has 0 aromatic heterocycles. The van der Waals surface area contributed by atoms with Crippen LogP contribution in [-0.4, -0.2) is 35.6 Å². The first-order chi connectivity index (χ1) is 13.1. The molecule has 150 valence electrons. The second-order valence-corrected chi connectivity index (χ2v) is 9.72. The summed E-state index contributed by atoms with van der Waals surface area (Å²) in [5, 5.41) is 0. The van der Waals surface area contributed by atoms with Gasteiger partial charge in [0.05, 0.1) is 30.2 Å². The molecule has 1 heterocycles. The van der Waals surface area contributed by atoms with Crippen molar-refractivity contribution < 1.29 is 30.8 Å². The Balaban J connectivity index is 2.10. The monoisotopic (exact) mass is 428 g/mol. The maximum absolute atomic E-state index is 13.8. The highest BCUT2D eigenvalue weighted by Crippen LogP contribution is 2.34. The molecule has 1 aliphatic rings. The molecular weight excluding hydrogens is 411 g/mol. The molecule has 0 aliphatic carbocycles. The molecule has 2 aromatic carbocycles. The number of sulfonamides is 2. The predicted molar refractivity (Wildman–Crippen MR) is 101 cm³/mol. The molecule has 0 bridgehead atoms. The maximum atomic E-state index is 13.8. The molecule has 2 aromatic rings. The van der Waals surface area contributed by atoms with Gasteiger partial charge in [-0.15, -0.1) is 0 Å². The number of anilines is 2. The lowest BCUT2D eigenvalue weighted by atomic mass is 10.2. The largest absolute Gasteiger partial charge is 0.495 e. The summed E-state index contributed by atoms with van der Waals surface area (Å²) >= 11 is 0. The summed E-state index contributed by atoms with van der Waals surface area (Å²) in [5.74, 6) is -2.65. The van der Waals surface area contributed by atoms with Crippen molar-refractivity contribution in [2.45, 2.75) is 11.8 Å². The molecule has 1 amide bonds. The average molecular weight is 428 g/mol. The van der Waals surface area contributed by atoms with E-state index in [2.05, 4.69) is 4.72 Å². The molecule has 1 aliphatic heterocycles. The van der Waals surface area contributed by atoms with Gasteiger partial charge in [0.1, 0.15) is 16.5 Å². The number of benzene rings is 2.